The number of ether oxygens (including phenoxy) is 2. The van der Waals surface area contributed by atoms with Gasteiger partial charge in [0, 0.05) is 18.7 Å². The fourth-order valence-corrected chi connectivity index (χ4v) is 2.07. The predicted octanol–water partition coefficient (Wildman–Crippen LogP) is 1.53. The average molecular weight is 308 g/mol. The molecule has 0 bridgehead atoms. The van der Waals surface area contributed by atoms with Gasteiger partial charge in [-0.25, -0.2) is 0 Å². The Labute approximate surface area is 128 Å². The third-order valence-corrected chi connectivity index (χ3v) is 3.23. The van der Waals surface area contributed by atoms with Gasteiger partial charge >= 0.3 is 0 Å². The summed E-state index contributed by atoms with van der Waals surface area (Å²) in [6.45, 7) is 2.58. The Hall–Kier alpha value is -2.19. The van der Waals surface area contributed by atoms with Crippen molar-refractivity contribution in [3.63, 3.8) is 0 Å². The van der Waals surface area contributed by atoms with Gasteiger partial charge in [0.05, 0.1) is 42.7 Å². The smallest absolute Gasteiger partial charge is 0.270 e. The van der Waals surface area contributed by atoms with Gasteiger partial charge in [0.15, 0.2) is 0 Å². The summed E-state index contributed by atoms with van der Waals surface area (Å²) in [5.74, 6) is 0.381. The van der Waals surface area contributed by atoms with Gasteiger partial charge in [-0.05, 0) is 20.2 Å². The molecule has 120 valence electrons. The topological polar surface area (TPSA) is 82.7 Å². The van der Waals surface area contributed by atoms with Crippen LogP contribution in [0, 0.1) is 10.1 Å². The number of benzene rings is 1. The molecule has 0 aliphatic carbocycles. The SMILES string of the molecule is COc1nn(CCOCCN(C)C)c2ccc([N+](=O)[O-])cc12. The largest absolute Gasteiger partial charge is 0.479 e. The number of methoxy groups -OCH3 is 1. The van der Waals surface area contributed by atoms with E-state index in [1.807, 2.05) is 19.0 Å². The van der Waals surface area contributed by atoms with E-state index >= 15 is 0 Å². The summed E-state index contributed by atoms with van der Waals surface area (Å²) in [6.07, 6.45) is 0. The van der Waals surface area contributed by atoms with Crippen LogP contribution in [0.25, 0.3) is 10.9 Å². The van der Waals surface area contributed by atoms with Gasteiger partial charge in [-0.3, -0.25) is 14.8 Å². The van der Waals surface area contributed by atoms with E-state index in [1.165, 1.54) is 19.2 Å². The molecule has 8 nitrogen and oxygen atoms in total. The van der Waals surface area contributed by atoms with Gasteiger partial charge in [-0.1, -0.05) is 0 Å². The highest BCUT2D eigenvalue weighted by atomic mass is 16.6. The molecule has 0 amide bonds. The zero-order valence-electron chi connectivity index (χ0n) is 13.0. The van der Waals surface area contributed by atoms with Crippen molar-refractivity contribution < 1.29 is 14.4 Å². The van der Waals surface area contributed by atoms with E-state index in [-0.39, 0.29) is 5.69 Å². The Balaban J connectivity index is 2.11. The highest BCUT2D eigenvalue weighted by Gasteiger charge is 2.15. The molecule has 0 N–H and O–H groups in total. The lowest BCUT2D eigenvalue weighted by Crippen LogP contribution is -2.19. The number of hydrogen-bond acceptors (Lipinski definition) is 6. The second-order valence-electron chi connectivity index (χ2n) is 5.11. The lowest BCUT2D eigenvalue weighted by atomic mass is 10.2. The molecule has 22 heavy (non-hydrogen) atoms. The maximum atomic E-state index is 10.9. The number of rotatable bonds is 8. The van der Waals surface area contributed by atoms with Gasteiger partial charge in [0.25, 0.3) is 5.69 Å². The molecule has 0 fully saturated rings. The lowest BCUT2D eigenvalue weighted by Gasteiger charge is -2.10. The average Bonchev–Trinajstić information content (AvgIpc) is 2.84. The van der Waals surface area contributed by atoms with Crippen LogP contribution in [0.5, 0.6) is 5.88 Å². The van der Waals surface area contributed by atoms with Crippen LogP contribution in [0.1, 0.15) is 0 Å². The first-order valence-electron chi connectivity index (χ1n) is 6.94. The van der Waals surface area contributed by atoms with Crippen LogP contribution >= 0.6 is 0 Å². The first-order valence-corrected chi connectivity index (χ1v) is 6.94. The molecule has 0 aliphatic heterocycles. The fourth-order valence-electron chi connectivity index (χ4n) is 2.07. The summed E-state index contributed by atoms with van der Waals surface area (Å²) in [6, 6.07) is 4.63. The molecule has 2 aromatic rings. The van der Waals surface area contributed by atoms with Crippen LogP contribution in [0.4, 0.5) is 5.69 Å². The first kappa shape index (κ1) is 16.2. The quantitative estimate of drug-likeness (QED) is 0.418. The zero-order chi connectivity index (χ0) is 16.1. The lowest BCUT2D eigenvalue weighted by molar-refractivity contribution is -0.384. The van der Waals surface area contributed by atoms with Crippen LogP contribution < -0.4 is 4.74 Å². The normalized spacial score (nSPS) is 11.3. The second-order valence-corrected chi connectivity index (χ2v) is 5.11. The number of nitro benzene ring substituents is 1. The number of likely N-dealkylation sites (N-methyl/N-ethyl adjacent to an activating group) is 1. The molecule has 0 unspecified atom stereocenters. The van der Waals surface area contributed by atoms with Crippen molar-refractivity contribution in [1.82, 2.24) is 14.7 Å². The van der Waals surface area contributed by atoms with Crippen molar-refractivity contribution >= 4 is 16.6 Å². The molecule has 0 radical (unpaired) electrons. The van der Waals surface area contributed by atoms with Crippen molar-refractivity contribution in [2.75, 3.05) is 41.0 Å². The Morgan fingerprint density at radius 1 is 1.36 bits per heavy atom. The van der Waals surface area contributed by atoms with Crippen molar-refractivity contribution in [3.05, 3.63) is 28.3 Å². The fraction of sp³-hybridized carbons (Fsp3) is 0.500. The number of nitrogens with zero attached hydrogens (tertiary/aromatic N) is 4. The molecule has 0 atom stereocenters. The summed E-state index contributed by atoms with van der Waals surface area (Å²) in [4.78, 5) is 12.5. The van der Waals surface area contributed by atoms with Crippen molar-refractivity contribution in [1.29, 1.82) is 0 Å². The minimum Gasteiger partial charge on any atom is -0.479 e. The third kappa shape index (κ3) is 3.71. The first-order chi connectivity index (χ1) is 10.5. The monoisotopic (exact) mass is 308 g/mol. The van der Waals surface area contributed by atoms with Crippen LogP contribution in [-0.4, -0.2) is 60.6 Å². The van der Waals surface area contributed by atoms with E-state index in [9.17, 15) is 10.1 Å². The molecular formula is C14H20N4O4. The van der Waals surface area contributed by atoms with Crippen molar-refractivity contribution in [2.24, 2.45) is 0 Å². The Morgan fingerprint density at radius 3 is 2.77 bits per heavy atom. The highest BCUT2D eigenvalue weighted by Crippen LogP contribution is 2.28. The molecule has 1 aromatic carbocycles. The molecule has 1 aromatic heterocycles. The van der Waals surface area contributed by atoms with Crippen molar-refractivity contribution in [3.8, 4) is 5.88 Å². The van der Waals surface area contributed by atoms with Gasteiger partial charge in [0.2, 0.25) is 5.88 Å². The summed E-state index contributed by atoms with van der Waals surface area (Å²) in [5, 5.41) is 15.8. The van der Waals surface area contributed by atoms with Gasteiger partial charge in [0.1, 0.15) is 0 Å². The molecule has 0 saturated carbocycles. The predicted molar refractivity (Wildman–Crippen MR) is 82.3 cm³/mol. The van der Waals surface area contributed by atoms with E-state index in [0.717, 1.165) is 12.1 Å². The maximum Gasteiger partial charge on any atom is 0.270 e. The maximum absolute atomic E-state index is 10.9. The van der Waals surface area contributed by atoms with E-state index < -0.39 is 4.92 Å². The summed E-state index contributed by atoms with van der Waals surface area (Å²) >= 11 is 0. The molecule has 0 aliphatic rings. The number of hydrogen-bond donors (Lipinski definition) is 0. The molecule has 8 heteroatoms. The van der Waals surface area contributed by atoms with E-state index in [0.29, 0.717) is 31.0 Å². The third-order valence-electron chi connectivity index (χ3n) is 3.23. The van der Waals surface area contributed by atoms with Gasteiger partial charge < -0.3 is 14.4 Å². The minimum atomic E-state index is -0.430. The standard InChI is InChI=1S/C14H20N4O4/c1-16(2)6-8-22-9-7-17-13-5-4-11(18(19)20)10-12(13)14(15-17)21-3/h4-5,10H,6-9H2,1-3H3. The second kappa shape index (κ2) is 7.19. The van der Waals surface area contributed by atoms with Gasteiger partial charge in [-0.15, -0.1) is 5.10 Å². The highest BCUT2D eigenvalue weighted by molar-refractivity contribution is 5.86. The minimum absolute atomic E-state index is 0.0209. The summed E-state index contributed by atoms with van der Waals surface area (Å²) in [5.41, 5.74) is 0.811. The van der Waals surface area contributed by atoms with Gasteiger partial charge in [-0.2, -0.15) is 0 Å². The Bertz CT molecular complexity index is 654. The molecular weight excluding hydrogens is 288 g/mol. The van der Waals surface area contributed by atoms with Crippen LogP contribution in [-0.2, 0) is 11.3 Å². The van der Waals surface area contributed by atoms with Crippen LogP contribution in [0.2, 0.25) is 0 Å². The number of fused-ring (bicyclic) bond motifs is 1. The zero-order valence-corrected chi connectivity index (χ0v) is 13.0. The van der Waals surface area contributed by atoms with Crippen LogP contribution in [0.3, 0.4) is 0 Å². The van der Waals surface area contributed by atoms with E-state index in [2.05, 4.69) is 5.10 Å². The molecule has 0 saturated heterocycles. The number of aromatic nitrogens is 2. The summed E-state index contributed by atoms with van der Waals surface area (Å²) in [7, 11) is 5.48. The Morgan fingerprint density at radius 2 is 2.14 bits per heavy atom. The molecule has 1 heterocycles. The van der Waals surface area contributed by atoms with Crippen LogP contribution in [0.15, 0.2) is 18.2 Å². The number of nitro groups is 1. The molecule has 2 rings (SSSR count). The van der Waals surface area contributed by atoms with E-state index in [4.69, 9.17) is 9.47 Å². The van der Waals surface area contributed by atoms with E-state index in [1.54, 1.807) is 10.7 Å². The number of non-ortho nitro benzene ring substituents is 1. The summed E-state index contributed by atoms with van der Waals surface area (Å²) < 4.78 is 12.5. The molecule has 0 spiro atoms. The Kier molecular flexibility index (Phi) is 5.29. The van der Waals surface area contributed by atoms with Crippen molar-refractivity contribution in [2.45, 2.75) is 6.54 Å².